The van der Waals surface area contributed by atoms with Crippen LogP contribution in [0.5, 0.6) is 0 Å². The van der Waals surface area contributed by atoms with Gasteiger partial charge in [-0.05, 0) is 64.9 Å². The Bertz CT molecular complexity index is 3540. The highest BCUT2D eigenvalue weighted by molar-refractivity contribution is 6.09. The molecule has 5 heterocycles. The van der Waals surface area contributed by atoms with E-state index in [1.165, 1.54) is 16.2 Å². The van der Waals surface area contributed by atoms with E-state index in [0.717, 1.165) is 72.1 Å². The summed E-state index contributed by atoms with van der Waals surface area (Å²) in [6.45, 7) is 0. The van der Waals surface area contributed by atoms with Gasteiger partial charge in [0.1, 0.15) is 17.5 Å². The van der Waals surface area contributed by atoms with Crippen LogP contribution in [0, 0.1) is 0 Å². The van der Waals surface area contributed by atoms with Crippen molar-refractivity contribution in [3.63, 3.8) is 0 Å². The predicted octanol–water partition coefficient (Wildman–Crippen LogP) is 12.5. The van der Waals surface area contributed by atoms with Crippen molar-refractivity contribution in [1.29, 1.82) is 0 Å². The summed E-state index contributed by atoms with van der Waals surface area (Å²) in [5, 5.41) is 5.59. The first-order valence-corrected chi connectivity index (χ1v) is 19.8. The monoisotopic (exact) mass is 769 g/mol. The third kappa shape index (κ3) is 5.61. The average Bonchev–Trinajstić information content (AvgIpc) is 3.87. The Balaban J connectivity index is 0.899. The Morgan fingerprint density at radius 3 is 1.67 bits per heavy atom. The number of fused-ring (bicyclic) bond motifs is 7. The second-order valence-electron chi connectivity index (χ2n) is 14.8. The van der Waals surface area contributed by atoms with E-state index in [9.17, 15) is 0 Å². The molecular weight excluding hydrogens is 739 g/mol. The van der Waals surface area contributed by atoms with Gasteiger partial charge in [-0.25, -0.2) is 29.9 Å². The Hall–Kier alpha value is -8.36. The van der Waals surface area contributed by atoms with E-state index in [2.05, 4.69) is 136 Å². The fourth-order valence-corrected chi connectivity index (χ4v) is 8.28. The van der Waals surface area contributed by atoms with Gasteiger partial charge in [0, 0.05) is 50.5 Å². The van der Waals surface area contributed by atoms with Crippen molar-refractivity contribution < 1.29 is 4.42 Å². The normalized spacial score (nSPS) is 11.7. The molecule has 0 radical (unpaired) electrons. The quantitative estimate of drug-likeness (QED) is 0.166. The van der Waals surface area contributed by atoms with Crippen LogP contribution in [0.4, 0.5) is 0 Å². The molecule has 0 atom stereocenters. The fraction of sp³-hybridized carbons (Fsp3) is 0. The molecule has 12 aromatic rings. The molecule has 0 saturated carbocycles. The summed E-state index contributed by atoms with van der Waals surface area (Å²) in [5.41, 5.74) is 11.6. The second kappa shape index (κ2) is 13.6. The van der Waals surface area contributed by atoms with Gasteiger partial charge < -0.3 is 8.98 Å². The molecule has 0 N–H and O–H groups in total. The van der Waals surface area contributed by atoms with Crippen molar-refractivity contribution in [1.82, 2.24) is 34.5 Å². The van der Waals surface area contributed by atoms with E-state index in [4.69, 9.17) is 24.4 Å². The largest absolute Gasteiger partial charge is 0.434 e. The van der Waals surface area contributed by atoms with Crippen LogP contribution in [0.3, 0.4) is 0 Å². The molecule has 0 aliphatic carbocycles. The third-order valence-electron chi connectivity index (χ3n) is 11.2. The number of rotatable bonds is 6. The number of para-hydroxylation sites is 2. The van der Waals surface area contributed by atoms with E-state index in [0.29, 0.717) is 28.8 Å². The van der Waals surface area contributed by atoms with Gasteiger partial charge in [-0.1, -0.05) is 127 Å². The summed E-state index contributed by atoms with van der Waals surface area (Å²) < 4.78 is 8.62. The minimum Gasteiger partial charge on any atom is -0.434 e. The van der Waals surface area contributed by atoms with Crippen LogP contribution >= 0.6 is 0 Å². The van der Waals surface area contributed by atoms with E-state index >= 15 is 0 Å². The van der Waals surface area contributed by atoms with Crippen molar-refractivity contribution in [2.75, 3.05) is 0 Å². The first kappa shape index (κ1) is 33.7. The van der Waals surface area contributed by atoms with Crippen LogP contribution in [0.1, 0.15) is 0 Å². The van der Waals surface area contributed by atoms with Crippen LogP contribution < -0.4 is 0 Å². The minimum absolute atomic E-state index is 0.516. The van der Waals surface area contributed by atoms with Crippen molar-refractivity contribution in [3.8, 4) is 62.2 Å². The van der Waals surface area contributed by atoms with E-state index in [-0.39, 0.29) is 0 Å². The topological polar surface area (TPSA) is 95.4 Å². The molecular formula is C52H31N7O. The highest BCUT2D eigenvalue weighted by Gasteiger charge is 2.18. The maximum absolute atomic E-state index is 6.31. The van der Waals surface area contributed by atoms with Crippen LogP contribution in [-0.4, -0.2) is 34.5 Å². The van der Waals surface area contributed by atoms with Gasteiger partial charge in [0.15, 0.2) is 23.1 Å². The molecule has 0 saturated heterocycles. The summed E-state index contributed by atoms with van der Waals surface area (Å²) in [6, 6.07) is 60.5. The van der Waals surface area contributed by atoms with E-state index < -0.39 is 0 Å². The average molecular weight is 770 g/mol. The zero-order valence-corrected chi connectivity index (χ0v) is 31.9. The second-order valence-corrected chi connectivity index (χ2v) is 14.8. The standard InChI is InChI=1S/C52H31N7O/c1-2-11-34(12-3-1)49-56-50(58-51(57-49)36-24-26-40(27-25-36)59-44-16-8-6-14-41(44)42-15-7-9-17-45(42)59)35-21-18-33(19-22-35)39-29-43-47-48(60-52(43)53-30-39)46(54-31-55-47)38-23-20-32-10-4-5-13-37(32)28-38/h1-31H. The molecule has 8 nitrogen and oxygen atoms in total. The summed E-state index contributed by atoms with van der Waals surface area (Å²) >= 11 is 0. The Kier molecular flexibility index (Phi) is 7.67. The number of nitrogens with zero attached hydrogens (tertiary/aromatic N) is 7. The highest BCUT2D eigenvalue weighted by atomic mass is 16.3. The van der Waals surface area contributed by atoms with E-state index in [1.54, 1.807) is 6.33 Å². The summed E-state index contributed by atoms with van der Waals surface area (Å²) in [6.07, 6.45) is 3.43. The Morgan fingerprint density at radius 1 is 0.400 bits per heavy atom. The number of hydrogen-bond acceptors (Lipinski definition) is 7. The third-order valence-corrected chi connectivity index (χ3v) is 11.2. The fourth-order valence-electron chi connectivity index (χ4n) is 8.28. The van der Waals surface area contributed by atoms with Crippen LogP contribution in [-0.2, 0) is 0 Å². The van der Waals surface area contributed by atoms with Crippen molar-refractivity contribution in [2.45, 2.75) is 0 Å². The Morgan fingerprint density at radius 2 is 0.967 bits per heavy atom. The maximum Gasteiger partial charge on any atom is 0.229 e. The number of furan rings is 1. The van der Waals surface area contributed by atoms with Crippen LogP contribution in [0.2, 0.25) is 0 Å². The lowest BCUT2D eigenvalue weighted by molar-refractivity contribution is 0.652. The molecule has 5 aromatic heterocycles. The summed E-state index contributed by atoms with van der Waals surface area (Å²) in [5.74, 6) is 1.80. The van der Waals surface area contributed by atoms with Crippen LogP contribution in [0.25, 0.3) is 117 Å². The smallest absolute Gasteiger partial charge is 0.229 e. The molecule has 0 aliphatic heterocycles. The first-order valence-electron chi connectivity index (χ1n) is 19.8. The molecule has 7 aromatic carbocycles. The Labute approximate surface area is 343 Å². The lowest BCUT2D eigenvalue weighted by Crippen LogP contribution is -2.00. The first-order chi connectivity index (χ1) is 29.7. The minimum atomic E-state index is 0.516. The van der Waals surface area contributed by atoms with Crippen LogP contribution in [0.15, 0.2) is 193 Å². The maximum atomic E-state index is 6.31. The molecule has 0 bridgehead atoms. The highest BCUT2D eigenvalue weighted by Crippen LogP contribution is 2.37. The lowest BCUT2D eigenvalue weighted by Gasteiger charge is -2.11. The number of aromatic nitrogens is 7. The van der Waals surface area contributed by atoms with Gasteiger partial charge in [-0.2, -0.15) is 0 Å². The van der Waals surface area contributed by atoms with Gasteiger partial charge in [-0.3, -0.25) is 0 Å². The van der Waals surface area contributed by atoms with Crippen molar-refractivity contribution in [3.05, 3.63) is 188 Å². The number of pyridine rings is 1. The summed E-state index contributed by atoms with van der Waals surface area (Å²) in [7, 11) is 0. The van der Waals surface area contributed by atoms with Crippen molar-refractivity contribution in [2.24, 2.45) is 0 Å². The number of benzene rings is 7. The zero-order chi connectivity index (χ0) is 39.6. The molecule has 0 spiro atoms. The SMILES string of the molecule is c1ccc(-c2nc(-c3ccc(-c4cnc5oc6c(-c7ccc8ccccc8c7)ncnc6c5c4)cc3)nc(-c3ccc(-n4c5ccccc5c5ccccc54)cc3)n2)cc1. The van der Waals surface area contributed by atoms with Gasteiger partial charge in [-0.15, -0.1) is 0 Å². The number of hydrogen-bond donors (Lipinski definition) is 0. The van der Waals surface area contributed by atoms with Gasteiger partial charge in [0.25, 0.3) is 0 Å². The van der Waals surface area contributed by atoms with Gasteiger partial charge >= 0.3 is 0 Å². The molecule has 12 rings (SSSR count). The zero-order valence-electron chi connectivity index (χ0n) is 31.9. The molecule has 0 aliphatic rings. The molecule has 0 unspecified atom stereocenters. The van der Waals surface area contributed by atoms with Crippen molar-refractivity contribution >= 4 is 54.8 Å². The van der Waals surface area contributed by atoms with Gasteiger partial charge in [0.2, 0.25) is 5.71 Å². The van der Waals surface area contributed by atoms with E-state index in [1.807, 2.05) is 60.8 Å². The van der Waals surface area contributed by atoms with Gasteiger partial charge in [0.05, 0.1) is 16.4 Å². The molecule has 280 valence electrons. The molecule has 60 heavy (non-hydrogen) atoms. The molecule has 0 amide bonds. The molecule has 8 heteroatoms. The summed E-state index contributed by atoms with van der Waals surface area (Å²) in [4.78, 5) is 29.0. The molecule has 0 fully saturated rings. The lowest BCUT2D eigenvalue weighted by atomic mass is 10.0. The predicted molar refractivity (Wildman–Crippen MR) is 240 cm³/mol.